The molecule has 1 amide bonds. The van der Waals surface area contributed by atoms with Crippen LogP contribution >= 0.6 is 0 Å². The Morgan fingerprint density at radius 1 is 1.43 bits per heavy atom. The number of aryl methyl sites for hydroxylation is 1. The first kappa shape index (κ1) is 15.8. The molecule has 2 N–H and O–H groups in total. The molecule has 7 heteroatoms. The minimum Gasteiger partial charge on any atom is -0.337 e. The van der Waals surface area contributed by atoms with Crippen molar-refractivity contribution in [3.05, 3.63) is 29.3 Å². The van der Waals surface area contributed by atoms with E-state index in [4.69, 9.17) is 0 Å². The Bertz CT molecular complexity index is 637. The van der Waals surface area contributed by atoms with Crippen LogP contribution in [0.15, 0.2) is 18.2 Å². The van der Waals surface area contributed by atoms with Crippen LogP contribution in [0.2, 0.25) is 0 Å². The summed E-state index contributed by atoms with van der Waals surface area (Å²) in [7, 11) is -1.58. The molecule has 1 aliphatic heterocycles. The van der Waals surface area contributed by atoms with Gasteiger partial charge in [-0.1, -0.05) is 6.07 Å². The number of likely N-dealkylation sites (N-methyl/N-ethyl adjacent to an activating group) is 1. The predicted molar refractivity (Wildman–Crippen MR) is 83.0 cm³/mol. The SMILES string of the molecule is Cc1ccc(C(=O)N(C)C2CCNC2)cc1NS(C)(=O)=O. The van der Waals surface area contributed by atoms with Crippen LogP contribution < -0.4 is 10.0 Å². The van der Waals surface area contributed by atoms with Crippen LogP contribution in [0.3, 0.4) is 0 Å². The molecule has 1 aromatic carbocycles. The van der Waals surface area contributed by atoms with Gasteiger partial charge >= 0.3 is 0 Å². The molecule has 0 spiro atoms. The van der Waals surface area contributed by atoms with Gasteiger partial charge in [0.15, 0.2) is 0 Å². The third kappa shape index (κ3) is 3.95. The Kier molecular flexibility index (Phi) is 4.53. The summed E-state index contributed by atoms with van der Waals surface area (Å²) in [6.45, 7) is 3.51. The van der Waals surface area contributed by atoms with E-state index in [9.17, 15) is 13.2 Å². The summed E-state index contributed by atoms with van der Waals surface area (Å²) in [6, 6.07) is 5.26. The molecule has 0 radical (unpaired) electrons. The minimum atomic E-state index is -3.36. The lowest BCUT2D eigenvalue weighted by atomic mass is 10.1. The minimum absolute atomic E-state index is 0.0970. The number of benzene rings is 1. The van der Waals surface area contributed by atoms with Crippen LogP contribution in [-0.2, 0) is 10.0 Å². The number of carbonyl (C=O) groups is 1. The third-order valence-corrected chi connectivity index (χ3v) is 4.27. The van der Waals surface area contributed by atoms with Gasteiger partial charge in [-0.15, -0.1) is 0 Å². The molecule has 1 atom stereocenters. The average molecular weight is 311 g/mol. The van der Waals surface area contributed by atoms with Crippen LogP contribution in [0.1, 0.15) is 22.3 Å². The number of nitrogens with zero attached hydrogens (tertiary/aromatic N) is 1. The fraction of sp³-hybridized carbons (Fsp3) is 0.500. The molecule has 1 heterocycles. The number of rotatable bonds is 4. The number of amides is 1. The highest BCUT2D eigenvalue weighted by Crippen LogP contribution is 2.20. The lowest BCUT2D eigenvalue weighted by Crippen LogP contribution is -2.38. The van der Waals surface area contributed by atoms with E-state index in [1.54, 1.807) is 37.1 Å². The molecule has 1 aromatic rings. The number of hydrogen-bond donors (Lipinski definition) is 2. The molecular formula is C14H21N3O3S. The Morgan fingerprint density at radius 2 is 2.14 bits per heavy atom. The van der Waals surface area contributed by atoms with E-state index in [-0.39, 0.29) is 11.9 Å². The largest absolute Gasteiger partial charge is 0.337 e. The van der Waals surface area contributed by atoms with Gasteiger partial charge in [-0.25, -0.2) is 8.42 Å². The standard InChI is InChI=1S/C14H21N3O3S/c1-10-4-5-11(8-13(10)16-21(3,19)20)14(18)17(2)12-6-7-15-9-12/h4-5,8,12,15-16H,6-7,9H2,1-3H3. The van der Waals surface area contributed by atoms with Crippen LogP contribution in [-0.4, -0.2) is 51.7 Å². The number of sulfonamides is 1. The maximum atomic E-state index is 12.5. The zero-order chi connectivity index (χ0) is 15.6. The Balaban J connectivity index is 2.23. The molecule has 0 aliphatic carbocycles. The quantitative estimate of drug-likeness (QED) is 0.862. The summed E-state index contributed by atoms with van der Waals surface area (Å²) in [4.78, 5) is 14.2. The average Bonchev–Trinajstić information content (AvgIpc) is 2.92. The maximum absolute atomic E-state index is 12.5. The maximum Gasteiger partial charge on any atom is 0.253 e. The second-order valence-electron chi connectivity index (χ2n) is 5.47. The molecule has 116 valence electrons. The van der Waals surface area contributed by atoms with Crippen molar-refractivity contribution in [3.63, 3.8) is 0 Å². The molecule has 0 saturated carbocycles. The van der Waals surface area contributed by atoms with Crippen molar-refractivity contribution < 1.29 is 13.2 Å². The van der Waals surface area contributed by atoms with E-state index in [2.05, 4.69) is 10.0 Å². The summed E-state index contributed by atoms with van der Waals surface area (Å²) >= 11 is 0. The van der Waals surface area contributed by atoms with Crippen molar-refractivity contribution in [2.24, 2.45) is 0 Å². The van der Waals surface area contributed by atoms with E-state index in [0.29, 0.717) is 11.3 Å². The first-order chi connectivity index (χ1) is 9.78. The summed E-state index contributed by atoms with van der Waals surface area (Å²) in [5, 5.41) is 3.23. The predicted octanol–water partition coefficient (Wildman–Crippen LogP) is 0.800. The van der Waals surface area contributed by atoms with Gasteiger partial charge in [-0.3, -0.25) is 9.52 Å². The summed E-state index contributed by atoms with van der Waals surface area (Å²) in [6.07, 6.45) is 2.03. The van der Waals surface area contributed by atoms with Crippen molar-refractivity contribution in [1.82, 2.24) is 10.2 Å². The normalized spacial score (nSPS) is 18.5. The monoisotopic (exact) mass is 311 g/mol. The van der Waals surface area contributed by atoms with E-state index in [1.807, 2.05) is 0 Å². The number of carbonyl (C=O) groups excluding carboxylic acids is 1. The highest BCUT2D eigenvalue weighted by atomic mass is 32.2. The van der Waals surface area contributed by atoms with Crippen molar-refractivity contribution in [2.45, 2.75) is 19.4 Å². The topological polar surface area (TPSA) is 78.5 Å². The lowest BCUT2D eigenvalue weighted by Gasteiger charge is -2.24. The van der Waals surface area contributed by atoms with E-state index >= 15 is 0 Å². The van der Waals surface area contributed by atoms with Crippen molar-refractivity contribution >= 4 is 21.6 Å². The second-order valence-corrected chi connectivity index (χ2v) is 7.22. The molecule has 6 nitrogen and oxygen atoms in total. The van der Waals surface area contributed by atoms with Gasteiger partial charge in [-0.2, -0.15) is 0 Å². The van der Waals surface area contributed by atoms with Crippen molar-refractivity contribution in [2.75, 3.05) is 31.1 Å². The van der Waals surface area contributed by atoms with Gasteiger partial charge in [0.25, 0.3) is 5.91 Å². The first-order valence-electron chi connectivity index (χ1n) is 6.84. The van der Waals surface area contributed by atoms with Crippen LogP contribution in [0, 0.1) is 6.92 Å². The molecule has 2 rings (SSSR count). The summed E-state index contributed by atoms with van der Waals surface area (Å²) in [5.74, 6) is -0.0970. The van der Waals surface area contributed by atoms with Gasteiger partial charge < -0.3 is 10.2 Å². The van der Waals surface area contributed by atoms with Crippen molar-refractivity contribution in [1.29, 1.82) is 0 Å². The molecule has 1 fully saturated rings. The zero-order valence-corrected chi connectivity index (χ0v) is 13.3. The highest BCUT2D eigenvalue weighted by Gasteiger charge is 2.24. The van der Waals surface area contributed by atoms with Crippen LogP contribution in [0.25, 0.3) is 0 Å². The fourth-order valence-corrected chi connectivity index (χ4v) is 3.02. The number of nitrogens with one attached hydrogen (secondary N) is 2. The lowest BCUT2D eigenvalue weighted by molar-refractivity contribution is 0.0744. The number of anilines is 1. The number of hydrogen-bond acceptors (Lipinski definition) is 4. The van der Waals surface area contributed by atoms with Gasteiger partial charge in [-0.05, 0) is 37.6 Å². The Hall–Kier alpha value is -1.60. The summed E-state index contributed by atoms with van der Waals surface area (Å²) in [5.41, 5.74) is 1.71. The van der Waals surface area contributed by atoms with Crippen LogP contribution in [0.5, 0.6) is 0 Å². The molecule has 0 aromatic heterocycles. The zero-order valence-electron chi connectivity index (χ0n) is 12.5. The van der Waals surface area contributed by atoms with Gasteiger partial charge in [0, 0.05) is 25.2 Å². The Labute approximate surface area is 125 Å². The van der Waals surface area contributed by atoms with Gasteiger partial charge in [0.05, 0.1) is 11.9 Å². The molecule has 1 aliphatic rings. The smallest absolute Gasteiger partial charge is 0.253 e. The van der Waals surface area contributed by atoms with Crippen molar-refractivity contribution in [3.8, 4) is 0 Å². The molecule has 21 heavy (non-hydrogen) atoms. The van der Waals surface area contributed by atoms with Gasteiger partial charge in [0.2, 0.25) is 10.0 Å². The molecule has 1 saturated heterocycles. The third-order valence-electron chi connectivity index (χ3n) is 3.68. The van der Waals surface area contributed by atoms with E-state index in [0.717, 1.165) is 31.3 Å². The Morgan fingerprint density at radius 3 is 2.71 bits per heavy atom. The highest BCUT2D eigenvalue weighted by molar-refractivity contribution is 7.92. The van der Waals surface area contributed by atoms with E-state index in [1.165, 1.54) is 0 Å². The summed E-state index contributed by atoms with van der Waals surface area (Å²) < 4.78 is 25.2. The molecular weight excluding hydrogens is 290 g/mol. The van der Waals surface area contributed by atoms with Crippen LogP contribution in [0.4, 0.5) is 5.69 Å². The molecule has 0 bridgehead atoms. The first-order valence-corrected chi connectivity index (χ1v) is 8.73. The van der Waals surface area contributed by atoms with Gasteiger partial charge in [0.1, 0.15) is 0 Å². The van der Waals surface area contributed by atoms with E-state index < -0.39 is 10.0 Å². The second kappa shape index (κ2) is 6.03. The molecule has 1 unspecified atom stereocenters. The fourth-order valence-electron chi connectivity index (χ4n) is 2.40.